The first kappa shape index (κ1) is 13.1. The summed E-state index contributed by atoms with van der Waals surface area (Å²) in [5.41, 5.74) is 0.834. The number of methoxy groups -OCH3 is 1. The molecule has 0 saturated carbocycles. The van der Waals surface area contributed by atoms with E-state index in [1.807, 2.05) is 41.8 Å². The molecule has 0 spiro atoms. The third-order valence-corrected chi connectivity index (χ3v) is 4.14. The highest BCUT2D eigenvalue weighted by Crippen LogP contribution is 2.34. The molecule has 3 rings (SSSR count). The number of ether oxygens (including phenoxy) is 1. The maximum Gasteiger partial charge on any atom is 0.125 e. The molecule has 3 aromatic rings. The lowest BCUT2D eigenvalue weighted by Gasteiger charge is -2.16. The van der Waals surface area contributed by atoms with E-state index in [9.17, 15) is 5.11 Å². The number of aromatic nitrogens is 1. The van der Waals surface area contributed by atoms with Crippen LogP contribution in [0.2, 0.25) is 0 Å². The van der Waals surface area contributed by atoms with Crippen molar-refractivity contribution in [3.63, 3.8) is 0 Å². The van der Waals surface area contributed by atoms with Crippen LogP contribution in [-0.2, 0) is 6.42 Å². The van der Waals surface area contributed by atoms with Crippen molar-refractivity contribution < 1.29 is 9.84 Å². The minimum atomic E-state index is -0.623. The molecule has 1 aromatic heterocycles. The van der Waals surface area contributed by atoms with Crippen LogP contribution in [0, 0.1) is 0 Å². The third kappa shape index (κ3) is 2.40. The zero-order valence-corrected chi connectivity index (χ0v) is 11.9. The van der Waals surface area contributed by atoms with E-state index in [4.69, 9.17) is 4.74 Å². The quantitative estimate of drug-likeness (QED) is 0.796. The molecule has 3 nitrogen and oxygen atoms in total. The number of fused-ring (bicyclic) bond motifs is 1. The number of hydrogen-bond donors (Lipinski definition) is 1. The van der Waals surface area contributed by atoms with Crippen molar-refractivity contribution in [1.29, 1.82) is 0 Å². The van der Waals surface area contributed by atoms with Gasteiger partial charge in [0.05, 0.1) is 18.2 Å². The average Bonchev–Trinajstić information content (AvgIpc) is 2.98. The molecule has 20 heavy (non-hydrogen) atoms. The second-order valence-electron chi connectivity index (χ2n) is 4.55. The third-order valence-electron chi connectivity index (χ3n) is 3.34. The van der Waals surface area contributed by atoms with Crippen molar-refractivity contribution in [1.82, 2.24) is 4.98 Å². The van der Waals surface area contributed by atoms with E-state index in [1.54, 1.807) is 24.6 Å². The molecule has 0 radical (unpaired) electrons. The van der Waals surface area contributed by atoms with Crippen molar-refractivity contribution in [2.45, 2.75) is 12.5 Å². The van der Waals surface area contributed by atoms with Gasteiger partial charge in [-0.2, -0.15) is 0 Å². The van der Waals surface area contributed by atoms with Crippen LogP contribution in [0.25, 0.3) is 10.8 Å². The lowest BCUT2D eigenvalue weighted by atomic mass is 9.97. The standard InChI is InChI=1S/C16H15NO2S/c1-19-14-7-6-11-4-2-3-5-12(11)16(14)13(18)10-15-17-8-9-20-15/h2-9,13,18H,10H2,1H3. The number of thiazole rings is 1. The molecule has 1 unspecified atom stereocenters. The summed E-state index contributed by atoms with van der Waals surface area (Å²) >= 11 is 1.55. The summed E-state index contributed by atoms with van der Waals surface area (Å²) in [5, 5.41) is 15.6. The molecule has 0 aliphatic rings. The fourth-order valence-corrected chi connectivity index (χ4v) is 3.07. The molecule has 1 N–H and O–H groups in total. The lowest BCUT2D eigenvalue weighted by Crippen LogP contribution is -2.05. The zero-order valence-electron chi connectivity index (χ0n) is 11.1. The fraction of sp³-hybridized carbons (Fsp3) is 0.188. The van der Waals surface area contributed by atoms with Crippen LogP contribution in [-0.4, -0.2) is 17.2 Å². The number of benzene rings is 2. The van der Waals surface area contributed by atoms with Crippen LogP contribution in [0.5, 0.6) is 5.75 Å². The van der Waals surface area contributed by atoms with E-state index in [0.29, 0.717) is 12.2 Å². The largest absolute Gasteiger partial charge is 0.496 e. The van der Waals surface area contributed by atoms with Gasteiger partial charge in [0.1, 0.15) is 5.75 Å². The van der Waals surface area contributed by atoms with E-state index in [-0.39, 0.29) is 0 Å². The first-order valence-electron chi connectivity index (χ1n) is 6.41. The summed E-state index contributed by atoms with van der Waals surface area (Å²) in [5.74, 6) is 0.716. The van der Waals surface area contributed by atoms with E-state index < -0.39 is 6.10 Å². The molecule has 0 bridgehead atoms. The Morgan fingerprint density at radius 1 is 1.25 bits per heavy atom. The van der Waals surface area contributed by atoms with Crippen LogP contribution in [0.4, 0.5) is 0 Å². The second-order valence-corrected chi connectivity index (χ2v) is 5.53. The average molecular weight is 285 g/mol. The van der Waals surface area contributed by atoms with E-state index >= 15 is 0 Å². The first-order valence-corrected chi connectivity index (χ1v) is 7.29. The maximum atomic E-state index is 10.6. The van der Waals surface area contributed by atoms with Gasteiger partial charge in [0.25, 0.3) is 0 Å². The monoisotopic (exact) mass is 285 g/mol. The summed E-state index contributed by atoms with van der Waals surface area (Å²) in [6.45, 7) is 0. The molecule has 1 atom stereocenters. The van der Waals surface area contributed by atoms with Gasteiger partial charge in [-0.15, -0.1) is 11.3 Å². The zero-order chi connectivity index (χ0) is 13.9. The van der Waals surface area contributed by atoms with E-state index in [1.165, 1.54) is 0 Å². The molecule has 4 heteroatoms. The second kappa shape index (κ2) is 5.61. The minimum Gasteiger partial charge on any atom is -0.496 e. The molecular formula is C16H15NO2S. The molecule has 2 aromatic carbocycles. The van der Waals surface area contributed by atoms with Crippen molar-refractivity contribution >= 4 is 22.1 Å². The molecule has 0 aliphatic carbocycles. The Kier molecular flexibility index (Phi) is 3.67. The molecule has 0 amide bonds. The predicted molar refractivity (Wildman–Crippen MR) is 81.3 cm³/mol. The van der Waals surface area contributed by atoms with Gasteiger partial charge in [0.15, 0.2) is 0 Å². The maximum absolute atomic E-state index is 10.6. The number of nitrogens with zero attached hydrogens (tertiary/aromatic N) is 1. The summed E-state index contributed by atoms with van der Waals surface area (Å²) in [7, 11) is 1.63. The Morgan fingerprint density at radius 3 is 2.85 bits per heavy atom. The van der Waals surface area contributed by atoms with Crippen LogP contribution in [0.15, 0.2) is 48.0 Å². The summed E-state index contributed by atoms with van der Waals surface area (Å²) < 4.78 is 5.42. The van der Waals surface area contributed by atoms with E-state index in [0.717, 1.165) is 21.3 Å². The molecule has 0 saturated heterocycles. The van der Waals surface area contributed by atoms with Crippen molar-refractivity contribution in [3.05, 3.63) is 58.5 Å². The normalized spacial score (nSPS) is 12.5. The molecule has 0 aliphatic heterocycles. The Hall–Kier alpha value is -1.91. The summed E-state index contributed by atoms with van der Waals surface area (Å²) in [6.07, 6.45) is 1.64. The van der Waals surface area contributed by atoms with Crippen LogP contribution in [0.3, 0.4) is 0 Å². The molecule has 102 valence electrons. The van der Waals surface area contributed by atoms with Gasteiger partial charge < -0.3 is 9.84 Å². The van der Waals surface area contributed by atoms with Gasteiger partial charge in [-0.25, -0.2) is 4.98 Å². The molecule has 1 heterocycles. The predicted octanol–water partition coefficient (Wildman–Crippen LogP) is 3.58. The Morgan fingerprint density at radius 2 is 2.10 bits per heavy atom. The van der Waals surface area contributed by atoms with Gasteiger partial charge in [0, 0.05) is 23.6 Å². The Bertz CT molecular complexity index is 710. The highest BCUT2D eigenvalue weighted by molar-refractivity contribution is 7.09. The smallest absolute Gasteiger partial charge is 0.125 e. The minimum absolute atomic E-state index is 0.502. The van der Waals surface area contributed by atoms with E-state index in [2.05, 4.69) is 4.98 Å². The van der Waals surface area contributed by atoms with Gasteiger partial charge in [-0.05, 0) is 16.8 Å². The Balaban J connectivity index is 2.08. The molecular weight excluding hydrogens is 270 g/mol. The van der Waals surface area contributed by atoms with Crippen LogP contribution < -0.4 is 4.74 Å². The summed E-state index contributed by atoms with van der Waals surface area (Å²) in [4.78, 5) is 4.23. The number of hydrogen-bond acceptors (Lipinski definition) is 4. The highest BCUT2D eigenvalue weighted by Gasteiger charge is 2.18. The number of aliphatic hydroxyl groups is 1. The van der Waals surface area contributed by atoms with Crippen molar-refractivity contribution in [2.75, 3.05) is 7.11 Å². The Labute approximate surface area is 121 Å². The van der Waals surface area contributed by atoms with Gasteiger partial charge in [0.2, 0.25) is 0 Å². The van der Waals surface area contributed by atoms with Gasteiger partial charge in [-0.1, -0.05) is 30.3 Å². The summed E-state index contributed by atoms with van der Waals surface area (Å²) in [6, 6.07) is 11.9. The number of aliphatic hydroxyl groups excluding tert-OH is 1. The van der Waals surface area contributed by atoms with Crippen LogP contribution in [0.1, 0.15) is 16.7 Å². The van der Waals surface area contributed by atoms with Gasteiger partial charge in [-0.3, -0.25) is 0 Å². The van der Waals surface area contributed by atoms with Crippen LogP contribution >= 0.6 is 11.3 Å². The topological polar surface area (TPSA) is 42.4 Å². The fourth-order valence-electron chi connectivity index (χ4n) is 2.42. The highest BCUT2D eigenvalue weighted by atomic mass is 32.1. The van der Waals surface area contributed by atoms with Crippen molar-refractivity contribution in [2.24, 2.45) is 0 Å². The SMILES string of the molecule is COc1ccc2ccccc2c1C(O)Cc1nccs1. The molecule has 0 fully saturated rings. The first-order chi connectivity index (χ1) is 9.79. The number of rotatable bonds is 4. The lowest BCUT2D eigenvalue weighted by molar-refractivity contribution is 0.175. The van der Waals surface area contributed by atoms with Crippen molar-refractivity contribution in [3.8, 4) is 5.75 Å². The van der Waals surface area contributed by atoms with Gasteiger partial charge >= 0.3 is 0 Å².